The van der Waals surface area contributed by atoms with E-state index in [1.54, 1.807) is 13.1 Å². The summed E-state index contributed by atoms with van der Waals surface area (Å²) in [6, 6.07) is 17.1. The van der Waals surface area contributed by atoms with Crippen LogP contribution in [0.3, 0.4) is 0 Å². The maximum atomic E-state index is 13.8. The van der Waals surface area contributed by atoms with Crippen molar-refractivity contribution < 1.29 is 14.3 Å². The third-order valence-electron chi connectivity index (χ3n) is 5.86. The predicted molar refractivity (Wildman–Crippen MR) is 126 cm³/mol. The van der Waals surface area contributed by atoms with Gasteiger partial charge in [0.05, 0.1) is 18.7 Å². The van der Waals surface area contributed by atoms with Crippen molar-refractivity contribution in [1.82, 2.24) is 19.6 Å². The highest BCUT2D eigenvalue weighted by atomic mass is 16.5. The van der Waals surface area contributed by atoms with Crippen LogP contribution in [-0.4, -0.2) is 57.1 Å². The van der Waals surface area contributed by atoms with E-state index in [0.717, 1.165) is 16.9 Å². The molecule has 1 aliphatic heterocycles. The van der Waals surface area contributed by atoms with Crippen molar-refractivity contribution in [1.29, 1.82) is 0 Å². The standard InChI is InChI=1S/C26H30N4O3/c1-19(2)33-23-11-9-21(10-12-23)25-18-28(20(3)31)15-16-30(25)26(32)24-8-5-4-7-22(24)17-29-14-6-13-27-29/h4-14,19,25H,15-18H2,1-3H3. The third kappa shape index (κ3) is 5.25. The van der Waals surface area contributed by atoms with Crippen molar-refractivity contribution in [2.75, 3.05) is 19.6 Å². The summed E-state index contributed by atoms with van der Waals surface area (Å²) in [4.78, 5) is 29.6. The Morgan fingerprint density at radius 3 is 2.48 bits per heavy atom. The second-order valence-corrected chi connectivity index (χ2v) is 8.58. The van der Waals surface area contributed by atoms with Crippen molar-refractivity contribution in [2.24, 2.45) is 0 Å². The lowest BCUT2D eigenvalue weighted by atomic mass is 9.99. The normalized spacial score (nSPS) is 16.2. The van der Waals surface area contributed by atoms with Gasteiger partial charge in [0.1, 0.15) is 5.75 Å². The van der Waals surface area contributed by atoms with Crippen molar-refractivity contribution in [3.05, 3.63) is 83.7 Å². The second-order valence-electron chi connectivity index (χ2n) is 8.58. The van der Waals surface area contributed by atoms with Gasteiger partial charge in [-0.2, -0.15) is 5.10 Å². The molecule has 4 rings (SSSR count). The predicted octanol–water partition coefficient (Wildman–Crippen LogP) is 3.76. The van der Waals surface area contributed by atoms with E-state index < -0.39 is 0 Å². The van der Waals surface area contributed by atoms with Crippen LogP contribution in [0.2, 0.25) is 0 Å². The van der Waals surface area contributed by atoms with Crippen LogP contribution in [0.25, 0.3) is 0 Å². The minimum atomic E-state index is -0.235. The van der Waals surface area contributed by atoms with Crippen LogP contribution >= 0.6 is 0 Å². The Kier molecular flexibility index (Phi) is 6.77. The molecular weight excluding hydrogens is 416 g/mol. The molecule has 0 radical (unpaired) electrons. The second kappa shape index (κ2) is 9.90. The Morgan fingerprint density at radius 2 is 1.82 bits per heavy atom. The minimum absolute atomic E-state index is 0.0194. The smallest absolute Gasteiger partial charge is 0.254 e. The summed E-state index contributed by atoms with van der Waals surface area (Å²) in [6.07, 6.45) is 3.70. The molecule has 33 heavy (non-hydrogen) atoms. The van der Waals surface area contributed by atoms with Gasteiger partial charge in [0.15, 0.2) is 0 Å². The van der Waals surface area contributed by atoms with E-state index in [2.05, 4.69) is 5.10 Å². The molecule has 1 aliphatic rings. The fourth-order valence-electron chi connectivity index (χ4n) is 4.23. The van der Waals surface area contributed by atoms with E-state index in [-0.39, 0.29) is 24.0 Å². The highest BCUT2D eigenvalue weighted by Crippen LogP contribution is 2.29. The summed E-state index contributed by atoms with van der Waals surface area (Å²) in [5.74, 6) is 0.773. The molecule has 0 bridgehead atoms. The van der Waals surface area contributed by atoms with Gasteiger partial charge in [-0.15, -0.1) is 0 Å². The van der Waals surface area contributed by atoms with Crippen molar-refractivity contribution in [3.8, 4) is 5.75 Å². The van der Waals surface area contributed by atoms with E-state index in [0.29, 0.717) is 31.7 Å². The van der Waals surface area contributed by atoms with Crippen molar-refractivity contribution in [2.45, 2.75) is 39.5 Å². The average Bonchev–Trinajstić information content (AvgIpc) is 3.32. The molecule has 3 aromatic rings. The molecule has 2 amide bonds. The van der Waals surface area contributed by atoms with Gasteiger partial charge in [0.2, 0.25) is 5.91 Å². The maximum Gasteiger partial charge on any atom is 0.254 e. The first-order chi connectivity index (χ1) is 15.9. The van der Waals surface area contributed by atoms with Gasteiger partial charge < -0.3 is 14.5 Å². The number of carbonyl (C=O) groups is 2. The summed E-state index contributed by atoms with van der Waals surface area (Å²) in [5, 5.41) is 4.28. The van der Waals surface area contributed by atoms with E-state index in [1.807, 2.05) is 89.1 Å². The minimum Gasteiger partial charge on any atom is -0.491 e. The molecule has 0 aliphatic carbocycles. The first-order valence-electron chi connectivity index (χ1n) is 11.3. The van der Waals surface area contributed by atoms with Crippen LogP contribution in [-0.2, 0) is 11.3 Å². The Bertz CT molecular complexity index is 1090. The Balaban J connectivity index is 1.63. The van der Waals surface area contributed by atoms with Gasteiger partial charge >= 0.3 is 0 Å². The molecule has 2 aromatic carbocycles. The molecule has 2 heterocycles. The summed E-state index contributed by atoms with van der Waals surface area (Å²) in [6.45, 7) is 7.53. The Morgan fingerprint density at radius 1 is 1.06 bits per heavy atom. The number of hydrogen-bond donors (Lipinski definition) is 0. The fraction of sp³-hybridized carbons (Fsp3) is 0.346. The quantitative estimate of drug-likeness (QED) is 0.578. The number of hydrogen-bond acceptors (Lipinski definition) is 4. The SMILES string of the molecule is CC(=O)N1CCN(C(=O)c2ccccc2Cn2cccn2)C(c2ccc(OC(C)C)cc2)C1. The average molecular weight is 447 g/mol. The Hall–Kier alpha value is -3.61. The zero-order valence-corrected chi connectivity index (χ0v) is 19.3. The molecule has 1 aromatic heterocycles. The van der Waals surface area contributed by atoms with E-state index in [1.165, 1.54) is 0 Å². The van der Waals surface area contributed by atoms with E-state index in [9.17, 15) is 9.59 Å². The number of rotatable bonds is 6. The van der Waals surface area contributed by atoms with Gasteiger partial charge in [0.25, 0.3) is 5.91 Å². The first-order valence-corrected chi connectivity index (χ1v) is 11.3. The van der Waals surface area contributed by atoms with Gasteiger partial charge in [-0.25, -0.2) is 0 Å². The molecule has 0 N–H and O–H groups in total. The number of amides is 2. The number of carbonyl (C=O) groups excluding carboxylic acids is 2. The number of piperazine rings is 1. The van der Waals surface area contributed by atoms with Crippen molar-refractivity contribution in [3.63, 3.8) is 0 Å². The number of ether oxygens (including phenoxy) is 1. The highest BCUT2D eigenvalue weighted by molar-refractivity contribution is 5.96. The Labute approximate surface area is 194 Å². The first kappa shape index (κ1) is 22.6. The maximum absolute atomic E-state index is 13.8. The molecule has 1 unspecified atom stereocenters. The lowest BCUT2D eigenvalue weighted by Crippen LogP contribution is -2.52. The fourth-order valence-corrected chi connectivity index (χ4v) is 4.23. The van der Waals surface area contributed by atoms with Gasteiger partial charge in [-0.1, -0.05) is 30.3 Å². The molecule has 7 nitrogen and oxygen atoms in total. The van der Waals surface area contributed by atoms with Crippen LogP contribution in [0.15, 0.2) is 67.0 Å². The van der Waals surface area contributed by atoms with Gasteiger partial charge in [0, 0.05) is 44.5 Å². The number of nitrogens with zero attached hydrogens (tertiary/aromatic N) is 4. The number of aromatic nitrogens is 2. The zero-order valence-electron chi connectivity index (χ0n) is 19.3. The van der Waals surface area contributed by atoms with Gasteiger partial charge in [-0.05, 0) is 49.2 Å². The summed E-state index contributed by atoms with van der Waals surface area (Å²) in [5.41, 5.74) is 2.56. The summed E-state index contributed by atoms with van der Waals surface area (Å²) < 4.78 is 7.58. The largest absolute Gasteiger partial charge is 0.491 e. The van der Waals surface area contributed by atoms with Crippen LogP contribution in [0.4, 0.5) is 0 Å². The summed E-state index contributed by atoms with van der Waals surface area (Å²) >= 11 is 0. The lowest BCUT2D eigenvalue weighted by Gasteiger charge is -2.41. The van der Waals surface area contributed by atoms with Gasteiger partial charge in [-0.3, -0.25) is 14.3 Å². The molecule has 1 saturated heterocycles. The topological polar surface area (TPSA) is 67.7 Å². The third-order valence-corrected chi connectivity index (χ3v) is 5.86. The van der Waals surface area contributed by atoms with Crippen LogP contribution < -0.4 is 4.74 Å². The van der Waals surface area contributed by atoms with Crippen LogP contribution in [0.5, 0.6) is 5.75 Å². The van der Waals surface area contributed by atoms with Crippen LogP contribution in [0, 0.1) is 0 Å². The summed E-state index contributed by atoms with van der Waals surface area (Å²) in [7, 11) is 0. The number of benzene rings is 2. The van der Waals surface area contributed by atoms with Crippen molar-refractivity contribution >= 4 is 11.8 Å². The van der Waals surface area contributed by atoms with E-state index in [4.69, 9.17) is 4.74 Å². The zero-order chi connectivity index (χ0) is 23.4. The molecule has 7 heteroatoms. The molecule has 172 valence electrons. The molecule has 0 saturated carbocycles. The molecular formula is C26H30N4O3. The molecule has 1 atom stereocenters. The highest BCUT2D eigenvalue weighted by Gasteiger charge is 2.33. The molecule has 0 spiro atoms. The lowest BCUT2D eigenvalue weighted by molar-refractivity contribution is -0.131. The van der Waals surface area contributed by atoms with E-state index >= 15 is 0 Å². The van der Waals surface area contributed by atoms with Crippen LogP contribution in [0.1, 0.15) is 48.3 Å². The molecule has 1 fully saturated rings. The monoisotopic (exact) mass is 446 g/mol.